The molecule has 1 atom stereocenters. The van der Waals surface area contributed by atoms with Crippen LogP contribution in [0, 0.1) is 0 Å². The van der Waals surface area contributed by atoms with E-state index in [1.165, 1.54) is 35.2 Å². The van der Waals surface area contributed by atoms with E-state index in [-0.39, 0.29) is 35.2 Å². The molecule has 0 unspecified atom stereocenters. The number of rotatable bonds is 3. The first-order valence-corrected chi connectivity index (χ1v) is 9.06. The molecule has 5 nitrogen and oxygen atoms in total. The Kier molecular flexibility index (Phi) is 4.66. The number of aliphatic hydroxyl groups excluding tert-OH is 1. The fraction of sp³-hybridized carbons (Fsp3) is 0.238. The monoisotopic (exact) mass is 402 g/mol. The number of carbonyl (C=O) groups excluding carboxylic acids is 1. The summed E-state index contributed by atoms with van der Waals surface area (Å²) in [6.45, 7) is -0.187. The minimum atomic E-state index is -4.55. The molecule has 3 aromatic rings. The Morgan fingerprint density at radius 1 is 1.10 bits per heavy atom. The normalized spacial score (nSPS) is 17.3. The van der Waals surface area contributed by atoms with Crippen LogP contribution in [-0.2, 0) is 11.0 Å². The van der Waals surface area contributed by atoms with Gasteiger partial charge in [-0.25, -0.2) is 0 Å². The van der Waals surface area contributed by atoms with Gasteiger partial charge in [0.05, 0.1) is 18.2 Å². The van der Waals surface area contributed by atoms with Crippen LogP contribution in [0.2, 0.25) is 0 Å². The Balaban J connectivity index is 1.83. The lowest BCUT2D eigenvalue weighted by atomic mass is 10.0. The van der Waals surface area contributed by atoms with Gasteiger partial charge in [0.15, 0.2) is 0 Å². The molecule has 29 heavy (non-hydrogen) atoms. The molecule has 0 spiro atoms. The van der Waals surface area contributed by atoms with Crippen molar-refractivity contribution in [3.05, 3.63) is 64.4 Å². The van der Waals surface area contributed by atoms with Crippen molar-refractivity contribution in [3.8, 4) is 11.3 Å². The zero-order chi connectivity index (χ0) is 20.8. The molecule has 1 saturated heterocycles. The van der Waals surface area contributed by atoms with Crippen LogP contribution in [0.25, 0.3) is 22.0 Å². The zero-order valence-electron chi connectivity index (χ0n) is 15.2. The van der Waals surface area contributed by atoms with E-state index in [0.717, 1.165) is 6.07 Å². The molecule has 0 bridgehead atoms. The maximum Gasteiger partial charge on any atom is 0.417 e. The molecule has 1 aromatic heterocycles. The van der Waals surface area contributed by atoms with E-state index in [0.29, 0.717) is 23.9 Å². The van der Waals surface area contributed by atoms with Gasteiger partial charge in [0, 0.05) is 28.8 Å². The SMILES string of the molecule is O=C1CC[C@H](CO)N1c1ccc2cc(-c3ccccc3C(F)(F)F)[nH]c(=O)c2c1. The van der Waals surface area contributed by atoms with Crippen molar-refractivity contribution in [1.82, 2.24) is 4.98 Å². The first kappa shape index (κ1) is 19.2. The molecule has 1 amide bonds. The number of nitrogens with zero attached hydrogens (tertiary/aromatic N) is 1. The molecule has 0 radical (unpaired) electrons. The van der Waals surface area contributed by atoms with E-state index in [1.807, 2.05) is 0 Å². The predicted octanol–water partition coefficient (Wildman–Crippen LogP) is 3.70. The first-order valence-electron chi connectivity index (χ1n) is 9.06. The van der Waals surface area contributed by atoms with Gasteiger partial charge >= 0.3 is 6.18 Å². The second-order valence-corrected chi connectivity index (χ2v) is 6.97. The van der Waals surface area contributed by atoms with Gasteiger partial charge in [0.2, 0.25) is 5.91 Å². The number of pyridine rings is 1. The molecule has 1 fully saturated rings. The van der Waals surface area contributed by atoms with E-state index in [2.05, 4.69) is 4.98 Å². The maximum atomic E-state index is 13.3. The standard InChI is InChI=1S/C21H17F3N2O3/c22-21(23,24)17-4-2-1-3-15(17)18-9-12-5-6-13(10-16(12)20(29)25-18)26-14(11-27)7-8-19(26)28/h1-6,9-10,14,27H,7-8,11H2,(H,25,29)/t14-/m1/s1. The van der Waals surface area contributed by atoms with Crippen LogP contribution in [0.1, 0.15) is 18.4 Å². The third-order valence-corrected chi connectivity index (χ3v) is 5.17. The smallest absolute Gasteiger partial charge is 0.394 e. The Hall–Kier alpha value is -3.13. The van der Waals surface area contributed by atoms with Gasteiger partial charge in [0.1, 0.15) is 0 Å². The van der Waals surface area contributed by atoms with Crippen molar-refractivity contribution in [2.24, 2.45) is 0 Å². The van der Waals surface area contributed by atoms with E-state index in [1.54, 1.807) is 12.1 Å². The van der Waals surface area contributed by atoms with Crippen LogP contribution in [0.5, 0.6) is 0 Å². The van der Waals surface area contributed by atoms with Crippen molar-refractivity contribution >= 4 is 22.4 Å². The van der Waals surface area contributed by atoms with Gasteiger partial charge in [-0.3, -0.25) is 9.59 Å². The summed E-state index contributed by atoms with van der Waals surface area (Å²) in [5.74, 6) is -0.143. The van der Waals surface area contributed by atoms with E-state index < -0.39 is 17.3 Å². The number of benzene rings is 2. The quantitative estimate of drug-likeness (QED) is 0.702. The summed E-state index contributed by atoms with van der Waals surface area (Å²) >= 11 is 0. The Morgan fingerprint density at radius 3 is 2.59 bits per heavy atom. The molecule has 1 aliphatic rings. The highest BCUT2D eigenvalue weighted by atomic mass is 19.4. The molecule has 8 heteroatoms. The van der Waals surface area contributed by atoms with E-state index >= 15 is 0 Å². The summed E-state index contributed by atoms with van der Waals surface area (Å²) in [5.41, 5.74) is -0.955. The molecule has 2 aromatic carbocycles. The van der Waals surface area contributed by atoms with Gasteiger partial charge in [-0.2, -0.15) is 13.2 Å². The molecular weight excluding hydrogens is 385 g/mol. The summed E-state index contributed by atoms with van der Waals surface area (Å²) in [6, 6.07) is 10.9. The molecule has 2 N–H and O–H groups in total. The third kappa shape index (κ3) is 3.40. The number of aromatic nitrogens is 1. The van der Waals surface area contributed by atoms with Crippen LogP contribution in [0.15, 0.2) is 53.3 Å². The number of anilines is 1. The highest BCUT2D eigenvalue weighted by molar-refractivity contribution is 5.99. The first-order chi connectivity index (χ1) is 13.8. The number of aromatic amines is 1. The minimum absolute atomic E-state index is 0.0636. The van der Waals surface area contributed by atoms with Gasteiger partial charge in [-0.05, 0) is 36.1 Å². The number of hydrogen-bond acceptors (Lipinski definition) is 3. The van der Waals surface area contributed by atoms with Gasteiger partial charge < -0.3 is 15.0 Å². The summed E-state index contributed by atoms with van der Waals surface area (Å²) in [4.78, 5) is 28.8. The van der Waals surface area contributed by atoms with Crippen molar-refractivity contribution in [2.45, 2.75) is 25.1 Å². The number of fused-ring (bicyclic) bond motifs is 1. The molecule has 0 saturated carbocycles. The molecular formula is C21H17F3N2O3. The lowest BCUT2D eigenvalue weighted by molar-refractivity contribution is -0.137. The Bertz CT molecular complexity index is 1150. The molecule has 4 rings (SSSR count). The fourth-order valence-corrected chi connectivity index (χ4v) is 3.78. The number of hydrogen-bond donors (Lipinski definition) is 2. The topological polar surface area (TPSA) is 73.4 Å². The highest BCUT2D eigenvalue weighted by Gasteiger charge is 2.34. The summed E-state index contributed by atoms with van der Waals surface area (Å²) < 4.78 is 40.0. The number of halogens is 3. The van der Waals surface area contributed by atoms with Crippen molar-refractivity contribution in [3.63, 3.8) is 0 Å². The van der Waals surface area contributed by atoms with Crippen molar-refractivity contribution in [1.29, 1.82) is 0 Å². The average molecular weight is 402 g/mol. The number of carbonyl (C=O) groups is 1. The summed E-state index contributed by atoms with van der Waals surface area (Å²) in [5, 5.41) is 10.2. The van der Waals surface area contributed by atoms with Gasteiger partial charge in [-0.15, -0.1) is 0 Å². The molecule has 0 aliphatic carbocycles. The highest BCUT2D eigenvalue weighted by Crippen LogP contribution is 2.37. The van der Waals surface area contributed by atoms with E-state index in [4.69, 9.17) is 0 Å². The van der Waals surface area contributed by atoms with Crippen LogP contribution in [0.3, 0.4) is 0 Å². The largest absolute Gasteiger partial charge is 0.417 e. The van der Waals surface area contributed by atoms with Crippen molar-refractivity contribution in [2.75, 3.05) is 11.5 Å². The summed E-state index contributed by atoms with van der Waals surface area (Å²) in [6.07, 6.45) is -3.72. The summed E-state index contributed by atoms with van der Waals surface area (Å²) in [7, 11) is 0. The lowest BCUT2D eigenvalue weighted by Gasteiger charge is -2.23. The predicted molar refractivity (Wildman–Crippen MR) is 103 cm³/mol. The number of H-pyrrole nitrogens is 1. The van der Waals surface area contributed by atoms with Crippen LogP contribution < -0.4 is 10.5 Å². The molecule has 1 aliphatic heterocycles. The number of aliphatic hydroxyl groups is 1. The van der Waals surface area contributed by atoms with Crippen molar-refractivity contribution < 1.29 is 23.1 Å². The molecule has 2 heterocycles. The van der Waals surface area contributed by atoms with Crippen LogP contribution in [-0.4, -0.2) is 28.6 Å². The number of amides is 1. The Morgan fingerprint density at radius 2 is 1.86 bits per heavy atom. The van der Waals surface area contributed by atoms with Gasteiger partial charge in [-0.1, -0.05) is 24.3 Å². The van der Waals surface area contributed by atoms with Gasteiger partial charge in [0.25, 0.3) is 5.56 Å². The Labute approximate surface area is 163 Å². The third-order valence-electron chi connectivity index (χ3n) is 5.17. The number of alkyl halides is 3. The average Bonchev–Trinajstić information content (AvgIpc) is 3.07. The lowest BCUT2D eigenvalue weighted by Crippen LogP contribution is -2.35. The number of nitrogens with one attached hydrogen (secondary N) is 1. The minimum Gasteiger partial charge on any atom is -0.394 e. The second-order valence-electron chi connectivity index (χ2n) is 6.97. The van der Waals surface area contributed by atoms with Crippen LogP contribution in [0.4, 0.5) is 18.9 Å². The second kappa shape index (κ2) is 7.04. The van der Waals surface area contributed by atoms with E-state index in [9.17, 15) is 27.9 Å². The zero-order valence-corrected chi connectivity index (χ0v) is 15.2. The maximum absolute atomic E-state index is 13.3. The fourth-order valence-electron chi connectivity index (χ4n) is 3.78. The molecule has 150 valence electrons. The van der Waals surface area contributed by atoms with Crippen LogP contribution >= 0.6 is 0 Å².